The van der Waals surface area contributed by atoms with Gasteiger partial charge >= 0.3 is 18.2 Å². The molecule has 186 valence electrons. The van der Waals surface area contributed by atoms with Gasteiger partial charge in [-0.05, 0) is 55.0 Å². The molecule has 0 bridgehead atoms. The van der Waals surface area contributed by atoms with Crippen molar-refractivity contribution in [1.82, 2.24) is 15.0 Å². The van der Waals surface area contributed by atoms with Gasteiger partial charge in [-0.2, -0.15) is 13.2 Å². The van der Waals surface area contributed by atoms with Gasteiger partial charge in [0, 0.05) is 18.4 Å². The molecule has 0 aliphatic heterocycles. The first-order chi connectivity index (χ1) is 17.2. The van der Waals surface area contributed by atoms with Gasteiger partial charge in [-0.1, -0.05) is 11.3 Å². The number of anilines is 3. The Kier molecular flexibility index (Phi) is 7.29. The summed E-state index contributed by atoms with van der Waals surface area (Å²) in [5, 5.41) is 8.49. The van der Waals surface area contributed by atoms with Crippen LogP contribution in [0.5, 0.6) is 11.8 Å². The topological polar surface area (TPSA) is 101 Å². The molecule has 36 heavy (non-hydrogen) atoms. The lowest BCUT2D eigenvalue weighted by molar-refractivity contribution is -0.137. The third-order valence-electron chi connectivity index (χ3n) is 4.55. The fraction of sp³-hybridized carbons (Fsp3) is 0.130. The van der Waals surface area contributed by atoms with Gasteiger partial charge in [0.05, 0.1) is 28.5 Å². The number of alkyl halides is 3. The van der Waals surface area contributed by atoms with Crippen LogP contribution in [-0.4, -0.2) is 27.5 Å². The molecular weight excluding hydrogens is 500 g/mol. The Morgan fingerprint density at radius 1 is 0.972 bits per heavy atom. The van der Waals surface area contributed by atoms with E-state index < -0.39 is 23.6 Å². The molecule has 0 atom stereocenters. The monoisotopic (exact) mass is 518 g/mol. The number of nitrogens with zero attached hydrogens (tertiary/aromatic N) is 3. The minimum atomic E-state index is -4.75. The number of benzene rings is 2. The van der Waals surface area contributed by atoms with Gasteiger partial charge in [-0.25, -0.2) is 24.1 Å². The second-order valence-corrected chi connectivity index (χ2v) is 8.28. The molecule has 13 heteroatoms. The molecule has 0 spiro atoms. The third-order valence-corrected chi connectivity index (χ3v) is 5.55. The lowest BCUT2D eigenvalue weighted by Crippen LogP contribution is -2.20. The van der Waals surface area contributed by atoms with Crippen molar-refractivity contribution in [1.29, 1.82) is 0 Å². The van der Waals surface area contributed by atoms with Crippen LogP contribution in [0, 0.1) is 5.82 Å². The molecular formula is C23H18F4N6O2S. The fourth-order valence-electron chi connectivity index (χ4n) is 2.99. The summed E-state index contributed by atoms with van der Waals surface area (Å²) in [6.07, 6.45) is -0.464. The first kappa shape index (κ1) is 24.9. The molecule has 4 aromatic rings. The summed E-state index contributed by atoms with van der Waals surface area (Å²) in [6.45, 7) is 2.78. The van der Waals surface area contributed by atoms with Crippen molar-refractivity contribution in [3.8, 4) is 22.2 Å². The van der Waals surface area contributed by atoms with Crippen LogP contribution in [0.1, 0.15) is 12.5 Å². The van der Waals surface area contributed by atoms with E-state index in [9.17, 15) is 22.4 Å². The van der Waals surface area contributed by atoms with Crippen LogP contribution < -0.4 is 20.7 Å². The summed E-state index contributed by atoms with van der Waals surface area (Å²) in [4.78, 5) is 25.4. The van der Waals surface area contributed by atoms with Crippen molar-refractivity contribution in [3.63, 3.8) is 0 Å². The van der Waals surface area contributed by atoms with Gasteiger partial charge in [0.25, 0.3) is 0 Å². The number of halogens is 4. The van der Waals surface area contributed by atoms with Gasteiger partial charge in [-0.3, -0.25) is 0 Å². The van der Waals surface area contributed by atoms with E-state index in [0.717, 1.165) is 28.2 Å². The molecule has 0 fully saturated rings. The number of urea groups is 1. The van der Waals surface area contributed by atoms with Crippen molar-refractivity contribution in [2.45, 2.75) is 13.1 Å². The number of thiazole rings is 1. The standard InChI is InChI=1S/C23H18F4N6O2S/c1-2-28-22-31-12-19(36-22)13-3-5-18(6-4-13)35-21-29-10-17(11-30-21)33-20(34)32-16-8-14(23(25,26)27)7-15(24)9-16/h3-12H,2H2,1H3,(H,28,31)(H2,32,33,34). The van der Waals surface area contributed by atoms with E-state index in [1.165, 1.54) is 23.7 Å². The Morgan fingerprint density at radius 2 is 1.67 bits per heavy atom. The predicted molar refractivity (Wildman–Crippen MR) is 128 cm³/mol. The molecule has 3 N–H and O–H groups in total. The van der Waals surface area contributed by atoms with Crippen LogP contribution in [-0.2, 0) is 6.18 Å². The van der Waals surface area contributed by atoms with Crippen LogP contribution in [0.15, 0.2) is 61.1 Å². The van der Waals surface area contributed by atoms with Gasteiger partial charge in [0.2, 0.25) is 0 Å². The summed E-state index contributed by atoms with van der Waals surface area (Å²) in [5.41, 5.74) is -0.471. The molecule has 0 radical (unpaired) electrons. The summed E-state index contributed by atoms with van der Waals surface area (Å²) in [5.74, 6) is -0.650. The van der Waals surface area contributed by atoms with Crippen molar-refractivity contribution >= 4 is 33.9 Å². The first-order valence-electron chi connectivity index (χ1n) is 10.5. The molecule has 0 aliphatic rings. The number of aromatic nitrogens is 3. The molecule has 0 unspecified atom stereocenters. The molecule has 0 saturated heterocycles. The highest BCUT2D eigenvalue weighted by atomic mass is 32.1. The van der Waals surface area contributed by atoms with Crippen molar-refractivity contribution in [2.75, 3.05) is 22.5 Å². The van der Waals surface area contributed by atoms with Crippen LogP contribution in [0.25, 0.3) is 10.4 Å². The minimum Gasteiger partial charge on any atom is -0.424 e. The van der Waals surface area contributed by atoms with Crippen molar-refractivity contribution < 1.29 is 27.1 Å². The third kappa shape index (κ3) is 6.44. The Morgan fingerprint density at radius 3 is 2.33 bits per heavy atom. The van der Waals surface area contributed by atoms with E-state index in [1.807, 2.05) is 19.1 Å². The summed E-state index contributed by atoms with van der Waals surface area (Å²) >= 11 is 1.53. The number of rotatable bonds is 7. The molecule has 2 amide bonds. The first-order valence-corrected chi connectivity index (χ1v) is 11.3. The molecule has 2 aromatic heterocycles. The smallest absolute Gasteiger partial charge is 0.416 e. The zero-order chi connectivity index (χ0) is 25.7. The molecule has 2 heterocycles. The molecule has 0 aliphatic carbocycles. The highest BCUT2D eigenvalue weighted by Gasteiger charge is 2.31. The minimum absolute atomic E-state index is 0.0147. The summed E-state index contributed by atoms with van der Waals surface area (Å²) in [6, 6.07) is 8.08. The number of carbonyl (C=O) groups is 1. The van der Waals surface area contributed by atoms with Gasteiger partial charge < -0.3 is 20.7 Å². The largest absolute Gasteiger partial charge is 0.424 e. The molecule has 2 aromatic carbocycles. The summed E-state index contributed by atoms with van der Waals surface area (Å²) in [7, 11) is 0. The Balaban J connectivity index is 1.34. The van der Waals surface area contributed by atoms with Gasteiger partial charge in [0.15, 0.2) is 5.13 Å². The number of amides is 2. The maximum Gasteiger partial charge on any atom is 0.416 e. The number of carbonyl (C=O) groups excluding carboxylic acids is 1. The Labute approximate surface area is 206 Å². The van der Waals surface area contributed by atoms with E-state index in [4.69, 9.17) is 4.74 Å². The lowest BCUT2D eigenvalue weighted by Gasteiger charge is -2.11. The average Bonchev–Trinajstić information content (AvgIpc) is 3.29. The summed E-state index contributed by atoms with van der Waals surface area (Å²) < 4.78 is 57.6. The fourth-order valence-corrected chi connectivity index (χ4v) is 3.88. The van der Waals surface area contributed by atoms with Crippen LogP contribution in [0.4, 0.5) is 38.9 Å². The molecule has 8 nitrogen and oxygen atoms in total. The van der Waals surface area contributed by atoms with Crippen LogP contribution in [0.2, 0.25) is 0 Å². The van der Waals surface area contributed by atoms with Crippen LogP contribution in [0.3, 0.4) is 0 Å². The van der Waals surface area contributed by atoms with E-state index in [1.54, 1.807) is 18.3 Å². The Bertz CT molecular complexity index is 1340. The predicted octanol–water partition coefficient (Wildman–Crippen LogP) is 6.63. The second kappa shape index (κ2) is 10.6. The Hall–Kier alpha value is -4.26. The van der Waals surface area contributed by atoms with E-state index in [2.05, 4.69) is 30.9 Å². The normalized spacial score (nSPS) is 11.1. The zero-order valence-electron chi connectivity index (χ0n) is 18.6. The van der Waals surface area contributed by atoms with E-state index in [0.29, 0.717) is 17.9 Å². The molecule has 4 rings (SSSR count). The maximum absolute atomic E-state index is 13.5. The zero-order valence-corrected chi connectivity index (χ0v) is 19.4. The average molecular weight is 518 g/mol. The number of hydrogen-bond donors (Lipinski definition) is 3. The van der Waals surface area contributed by atoms with E-state index in [-0.39, 0.29) is 17.4 Å². The lowest BCUT2D eigenvalue weighted by atomic mass is 10.2. The quantitative estimate of drug-likeness (QED) is 0.238. The van der Waals surface area contributed by atoms with Gasteiger partial charge in [0.1, 0.15) is 11.6 Å². The number of ether oxygens (including phenoxy) is 1. The SMILES string of the molecule is CCNc1ncc(-c2ccc(Oc3ncc(NC(=O)Nc4cc(F)cc(C(F)(F)F)c4)cn3)cc2)s1. The number of nitrogens with one attached hydrogen (secondary N) is 3. The van der Waals surface area contributed by atoms with Crippen molar-refractivity contribution in [2.24, 2.45) is 0 Å². The highest BCUT2D eigenvalue weighted by molar-refractivity contribution is 7.18. The second-order valence-electron chi connectivity index (χ2n) is 7.25. The van der Waals surface area contributed by atoms with Gasteiger partial charge in [-0.15, -0.1) is 0 Å². The molecule has 0 saturated carbocycles. The van der Waals surface area contributed by atoms with Crippen molar-refractivity contribution in [3.05, 3.63) is 72.4 Å². The maximum atomic E-state index is 13.5. The van der Waals surface area contributed by atoms with Crippen LogP contribution >= 0.6 is 11.3 Å². The van der Waals surface area contributed by atoms with E-state index >= 15 is 0 Å². The highest BCUT2D eigenvalue weighted by Crippen LogP contribution is 2.32. The number of hydrogen-bond acceptors (Lipinski definition) is 7.